The van der Waals surface area contributed by atoms with Gasteiger partial charge in [-0.05, 0) is 34.4 Å². The standard InChI is InChI=1S/C46H28N4OS/c1-4-11-29(12-5-1)31-19-23-34(24-20-31)44-48-43(33-15-8-3-9-16-33)49-45(50-44)36-17-10-18-39-42(36)37-27-38-41(28-40(37)51-39)52-46(47-38)35-25-21-32(22-26-35)30-13-6-2-7-14-30/h1-28H. The van der Waals surface area contributed by atoms with Gasteiger partial charge in [0.05, 0.1) is 10.2 Å². The molecule has 0 amide bonds. The first-order valence-electron chi connectivity index (χ1n) is 17.1. The van der Waals surface area contributed by atoms with Crippen molar-refractivity contribution in [3.05, 3.63) is 170 Å². The van der Waals surface area contributed by atoms with Crippen molar-refractivity contribution < 1.29 is 4.42 Å². The van der Waals surface area contributed by atoms with Crippen molar-refractivity contribution in [3.8, 4) is 67.0 Å². The molecule has 0 unspecified atom stereocenters. The summed E-state index contributed by atoms with van der Waals surface area (Å²) in [6.07, 6.45) is 0. The van der Waals surface area contributed by atoms with Crippen molar-refractivity contribution in [2.24, 2.45) is 0 Å². The van der Waals surface area contributed by atoms with Crippen LogP contribution in [0.5, 0.6) is 0 Å². The number of hydrogen-bond donors (Lipinski definition) is 0. The molecule has 7 aromatic carbocycles. The fourth-order valence-corrected chi connectivity index (χ4v) is 7.76. The number of furan rings is 1. The first-order chi connectivity index (χ1) is 25.7. The summed E-state index contributed by atoms with van der Waals surface area (Å²) in [4.78, 5) is 20.2. The Kier molecular flexibility index (Phi) is 7.25. The molecule has 0 radical (unpaired) electrons. The van der Waals surface area contributed by atoms with Crippen molar-refractivity contribution in [1.29, 1.82) is 0 Å². The second-order valence-electron chi connectivity index (χ2n) is 12.7. The van der Waals surface area contributed by atoms with E-state index in [2.05, 4.69) is 115 Å². The molecule has 3 heterocycles. The Morgan fingerprint density at radius 2 is 0.885 bits per heavy atom. The molecule has 0 N–H and O–H groups in total. The molecule has 52 heavy (non-hydrogen) atoms. The second kappa shape index (κ2) is 12.5. The van der Waals surface area contributed by atoms with E-state index in [1.807, 2.05) is 54.6 Å². The molecule has 3 aromatic heterocycles. The Morgan fingerprint density at radius 1 is 0.385 bits per heavy atom. The first kappa shape index (κ1) is 30.1. The summed E-state index contributed by atoms with van der Waals surface area (Å²) < 4.78 is 7.57. The van der Waals surface area contributed by atoms with Crippen molar-refractivity contribution >= 4 is 43.5 Å². The summed E-state index contributed by atoms with van der Waals surface area (Å²) >= 11 is 1.67. The van der Waals surface area contributed by atoms with Gasteiger partial charge < -0.3 is 4.42 Å². The molecule has 0 spiro atoms. The Labute approximate surface area is 303 Å². The van der Waals surface area contributed by atoms with Crippen LogP contribution in [0.15, 0.2) is 174 Å². The Hall–Kier alpha value is -6.76. The first-order valence-corrected chi connectivity index (χ1v) is 17.9. The summed E-state index contributed by atoms with van der Waals surface area (Å²) in [7, 11) is 0. The third-order valence-corrected chi connectivity index (χ3v) is 10.5. The van der Waals surface area contributed by atoms with E-state index in [9.17, 15) is 0 Å². The minimum atomic E-state index is 0.585. The van der Waals surface area contributed by atoms with Crippen LogP contribution in [0.3, 0.4) is 0 Å². The molecule has 6 heteroatoms. The smallest absolute Gasteiger partial charge is 0.164 e. The van der Waals surface area contributed by atoms with Crippen molar-refractivity contribution in [2.75, 3.05) is 0 Å². The summed E-state index contributed by atoms with van der Waals surface area (Å²) in [5, 5.41) is 2.90. The van der Waals surface area contributed by atoms with Gasteiger partial charge in [-0.2, -0.15) is 0 Å². The zero-order valence-electron chi connectivity index (χ0n) is 27.8. The van der Waals surface area contributed by atoms with Crippen LogP contribution in [-0.4, -0.2) is 19.9 Å². The molecule has 0 bridgehead atoms. The second-order valence-corrected chi connectivity index (χ2v) is 13.7. The lowest BCUT2D eigenvalue weighted by Crippen LogP contribution is -2.00. The maximum atomic E-state index is 6.50. The molecule has 10 aromatic rings. The largest absolute Gasteiger partial charge is 0.456 e. The van der Waals surface area contributed by atoms with Crippen molar-refractivity contribution in [2.45, 2.75) is 0 Å². The van der Waals surface area contributed by atoms with E-state index in [1.54, 1.807) is 11.3 Å². The van der Waals surface area contributed by atoms with Gasteiger partial charge in [-0.25, -0.2) is 19.9 Å². The number of benzene rings is 7. The van der Waals surface area contributed by atoms with E-state index < -0.39 is 0 Å². The van der Waals surface area contributed by atoms with Crippen molar-refractivity contribution in [1.82, 2.24) is 19.9 Å². The summed E-state index contributed by atoms with van der Waals surface area (Å²) in [6, 6.07) is 58.2. The number of thiazole rings is 1. The normalized spacial score (nSPS) is 11.5. The lowest BCUT2D eigenvalue weighted by atomic mass is 10.0. The number of fused-ring (bicyclic) bond motifs is 4. The van der Waals surface area contributed by atoms with Crippen LogP contribution in [0, 0.1) is 0 Å². The monoisotopic (exact) mass is 684 g/mol. The highest BCUT2D eigenvalue weighted by Crippen LogP contribution is 2.40. The predicted molar refractivity (Wildman–Crippen MR) is 213 cm³/mol. The average Bonchev–Trinajstić information content (AvgIpc) is 3.81. The fourth-order valence-electron chi connectivity index (χ4n) is 6.78. The quantitative estimate of drug-likeness (QED) is 0.174. The van der Waals surface area contributed by atoms with E-state index in [1.165, 1.54) is 11.1 Å². The number of rotatable bonds is 6. The van der Waals surface area contributed by atoms with Crippen molar-refractivity contribution in [3.63, 3.8) is 0 Å². The summed E-state index contributed by atoms with van der Waals surface area (Å²) in [5.41, 5.74) is 11.0. The summed E-state index contributed by atoms with van der Waals surface area (Å²) in [5.74, 6) is 1.81. The predicted octanol–water partition coefficient (Wildman–Crippen LogP) is 12.4. The Morgan fingerprint density at radius 3 is 1.50 bits per heavy atom. The molecule has 0 saturated carbocycles. The molecule has 0 aliphatic heterocycles. The minimum absolute atomic E-state index is 0.585. The van der Waals surface area contributed by atoms with Gasteiger partial charge in [-0.15, -0.1) is 11.3 Å². The number of nitrogens with zero attached hydrogens (tertiary/aromatic N) is 4. The molecule has 0 aliphatic rings. The van der Waals surface area contributed by atoms with E-state index in [0.29, 0.717) is 17.5 Å². The van der Waals surface area contributed by atoms with Gasteiger partial charge in [0.25, 0.3) is 0 Å². The van der Waals surface area contributed by atoms with E-state index in [0.717, 1.165) is 70.5 Å². The lowest BCUT2D eigenvalue weighted by molar-refractivity contribution is 0.669. The average molecular weight is 685 g/mol. The third kappa shape index (κ3) is 5.43. The van der Waals surface area contributed by atoms with Crippen LogP contribution in [0.25, 0.3) is 99.1 Å². The Bertz CT molecular complexity index is 2870. The zero-order chi connectivity index (χ0) is 34.4. The Balaban J connectivity index is 1.09. The topological polar surface area (TPSA) is 64.7 Å². The molecule has 0 fully saturated rings. The van der Waals surface area contributed by atoms with Crippen LogP contribution in [0.4, 0.5) is 0 Å². The van der Waals surface area contributed by atoms with Gasteiger partial charge in [0.2, 0.25) is 0 Å². The van der Waals surface area contributed by atoms with Crippen LogP contribution in [0.2, 0.25) is 0 Å². The highest BCUT2D eigenvalue weighted by Gasteiger charge is 2.19. The molecule has 10 rings (SSSR count). The van der Waals surface area contributed by atoms with Crippen LogP contribution in [-0.2, 0) is 0 Å². The lowest BCUT2D eigenvalue weighted by Gasteiger charge is -2.10. The summed E-state index contributed by atoms with van der Waals surface area (Å²) in [6.45, 7) is 0. The molecule has 5 nitrogen and oxygen atoms in total. The number of hydrogen-bond acceptors (Lipinski definition) is 6. The molecule has 0 aliphatic carbocycles. The molecular formula is C46H28N4OS. The molecule has 0 saturated heterocycles. The van der Waals surface area contributed by atoms with Gasteiger partial charge in [-0.1, -0.05) is 152 Å². The highest BCUT2D eigenvalue weighted by atomic mass is 32.1. The van der Waals surface area contributed by atoms with E-state index in [-0.39, 0.29) is 0 Å². The minimum Gasteiger partial charge on any atom is -0.456 e. The third-order valence-electron chi connectivity index (χ3n) is 9.40. The van der Waals surface area contributed by atoms with Crippen LogP contribution >= 0.6 is 11.3 Å². The molecule has 244 valence electrons. The van der Waals surface area contributed by atoms with Gasteiger partial charge in [0.1, 0.15) is 16.2 Å². The van der Waals surface area contributed by atoms with Crippen LogP contribution in [0.1, 0.15) is 0 Å². The van der Waals surface area contributed by atoms with Crippen LogP contribution < -0.4 is 0 Å². The maximum Gasteiger partial charge on any atom is 0.164 e. The van der Waals surface area contributed by atoms with E-state index >= 15 is 0 Å². The van der Waals surface area contributed by atoms with Gasteiger partial charge in [0.15, 0.2) is 17.5 Å². The fraction of sp³-hybridized carbons (Fsp3) is 0. The highest BCUT2D eigenvalue weighted by molar-refractivity contribution is 7.21. The number of aromatic nitrogens is 4. The molecule has 0 atom stereocenters. The van der Waals surface area contributed by atoms with Gasteiger partial charge in [-0.3, -0.25) is 0 Å². The maximum absolute atomic E-state index is 6.50. The van der Waals surface area contributed by atoms with E-state index in [4.69, 9.17) is 24.4 Å². The van der Waals surface area contributed by atoms with Gasteiger partial charge >= 0.3 is 0 Å². The zero-order valence-corrected chi connectivity index (χ0v) is 28.6. The molecular weight excluding hydrogens is 657 g/mol. The van der Waals surface area contributed by atoms with Gasteiger partial charge in [0, 0.05) is 39.1 Å². The SMILES string of the molecule is c1ccc(-c2ccc(-c3nc(-c4ccccc4)nc(-c4cccc5oc6cc7sc(-c8ccc(-c9ccccc9)cc8)nc7cc6c45)n3)cc2)cc1.